The van der Waals surface area contributed by atoms with Crippen LogP contribution >= 0.6 is 0 Å². The Morgan fingerprint density at radius 1 is 1.50 bits per heavy atom. The van der Waals surface area contributed by atoms with Gasteiger partial charge in [-0.2, -0.15) is 8.42 Å². The van der Waals surface area contributed by atoms with E-state index < -0.39 is 22.0 Å². The van der Waals surface area contributed by atoms with Crippen molar-refractivity contribution in [3.8, 4) is 0 Å². The van der Waals surface area contributed by atoms with Gasteiger partial charge in [-0.05, 0) is 5.92 Å². The minimum absolute atomic E-state index is 0.00877. The van der Waals surface area contributed by atoms with Crippen molar-refractivity contribution in [2.24, 2.45) is 11.7 Å². The summed E-state index contributed by atoms with van der Waals surface area (Å²) < 4.78 is 31.9. The molecule has 5 heteroatoms. The van der Waals surface area contributed by atoms with Gasteiger partial charge >= 0.3 is 10.2 Å². The van der Waals surface area contributed by atoms with Gasteiger partial charge in [-0.3, -0.25) is 0 Å². The normalized spacial score (nSPS) is 15.7. The first-order valence-electron chi connectivity index (χ1n) is 3.01. The fourth-order valence-electron chi connectivity index (χ4n) is 0.422. The highest BCUT2D eigenvalue weighted by Gasteiger charge is 2.16. The van der Waals surface area contributed by atoms with Crippen LogP contribution in [0.2, 0.25) is 0 Å². The van der Waals surface area contributed by atoms with E-state index in [4.69, 9.17) is 5.73 Å². The van der Waals surface area contributed by atoms with E-state index in [-0.39, 0.29) is 5.92 Å². The molecule has 2 N–H and O–H groups in total. The molecule has 0 saturated heterocycles. The fourth-order valence-corrected chi connectivity index (χ4v) is 1.27. The molecule has 0 aliphatic rings. The summed E-state index contributed by atoms with van der Waals surface area (Å²) in [6, 6.07) is -0.602. The van der Waals surface area contributed by atoms with Crippen molar-refractivity contribution in [3.63, 3.8) is 0 Å². The summed E-state index contributed by atoms with van der Waals surface area (Å²) in [5.74, 6) is -0.587. The Hall–Kier alpha value is -0.160. The summed E-state index contributed by atoms with van der Waals surface area (Å²) >= 11 is 0. The highest BCUT2D eigenvalue weighted by Crippen LogP contribution is 2.02. The SMILES string of the molecule is CC(C)C(N)CS(=O)(=O)F. The smallest absolute Gasteiger partial charge is 0.303 e. The second-order valence-corrected chi connectivity index (χ2v) is 4.02. The van der Waals surface area contributed by atoms with Crippen LogP contribution in [0.4, 0.5) is 3.89 Å². The quantitative estimate of drug-likeness (QED) is 0.617. The van der Waals surface area contributed by atoms with Crippen LogP contribution in [-0.2, 0) is 10.2 Å². The zero-order valence-corrected chi connectivity index (χ0v) is 6.86. The summed E-state index contributed by atoms with van der Waals surface area (Å²) in [7, 11) is -4.39. The third-order valence-electron chi connectivity index (χ3n) is 1.25. The van der Waals surface area contributed by atoms with Crippen LogP contribution in [0.3, 0.4) is 0 Å². The van der Waals surface area contributed by atoms with Gasteiger partial charge in [0.25, 0.3) is 0 Å². The van der Waals surface area contributed by atoms with Gasteiger partial charge in [0.2, 0.25) is 0 Å². The van der Waals surface area contributed by atoms with Crippen molar-refractivity contribution in [1.29, 1.82) is 0 Å². The number of hydrogen-bond acceptors (Lipinski definition) is 3. The highest BCUT2D eigenvalue weighted by molar-refractivity contribution is 7.86. The Bertz CT molecular complexity index is 188. The molecule has 0 spiro atoms. The summed E-state index contributed by atoms with van der Waals surface area (Å²) in [6.45, 7) is 3.49. The third-order valence-corrected chi connectivity index (χ3v) is 2.03. The molecular weight excluding hydrogens is 157 g/mol. The lowest BCUT2D eigenvalue weighted by Crippen LogP contribution is -2.32. The van der Waals surface area contributed by atoms with E-state index in [1.165, 1.54) is 0 Å². The second kappa shape index (κ2) is 3.30. The maximum absolute atomic E-state index is 11.9. The van der Waals surface area contributed by atoms with Crippen LogP contribution in [0, 0.1) is 5.92 Å². The Morgan fingerprint density at radius 3 is 2.00 bits per heavy atom. The molecule has 0 aliphatic heterocycles. The molecule has 0 radical (unpaired) electrons. The van der Waals surface area contributed by atoms with Crippen LogP contribution in [-0.4, -0.2) is 20.2 Å². The topological polar surface area (TPSA) is 60.2 Å². The molecule has 0 saturated carbocycles. The van der Waals surface area contributed by atoms with Crippen LogP contribution in [0.5, 0.6) is 0 Å². The van der Waals surface area contributed by atoms with Gasteiger partial charge in [0.05, 0.1) is 5.75 Å². The van der Waals surface area contributed by atoms with Gasteiger partial charge < -0.3 is 5.73 Å². The molecule has 3 nitrogen and oxygen atoms in total. The molecule has 0 aliphatic carbocycles. The number of rotatable bonds is 3. The molecule has 0 heterocycles. The van der Waals surface area contributed by atoms with E-state index in [0.717, 1.165) is 0 Å². The molecule has 0 rings (SSSR count). The molecule has 1 unspecified atom stereocenters. The van der Waals surface area contributed by atoms with Crippen LogP contribution in [0.15, 0.2) is 0 Å². The molecule has 0 aromatic rings. The monoisotopic (exact) mass is 169 g/mol. The minimum Gasteiger partial charge on any atom is -0.326 e. The molecule has 10 heavy (non-hydrogen) atoms. The average Bonchev–Trinajstić information content (AvgIpc) is 1.60. The Labute approximate surface area is 60.6 Å². The first-order valence-corrected chi connectivity index (χ1v) is 4.56. The van der Waals surface area contributed by atoms with Gasteiger partial charge in [0, 0.05) is 6.04 Å². The molecule has 1 atom stereocenters. The summed E-state index contributed by atoms with van der Waals surface area (Å²) in [5, 5.41) is 0. The average molecular weight is 169 g/mol. The van der Waals surface area contributed by atoms with Gasteiger partial charge in [-0.15, -0.1) is 3.89 Å². The van der Waals surface area contributed by atoms with Crippen molar-refractivity contribution >= 4 is 10.2 Å². The van der Waals surface area contributed by atoms with Gasteiger partial charge in [0.15, 0.2) is 0 Å². The van der Waals surface area contributed by atoms with Gasteiger partial charge in [0.1, 0.15) is 0 Å². The van der Waals surface area contributed by atoms with E-state index in [0.29, 0.717) is 0 Å². The Balaban J connectivity index is 3.93. The maximum Gasteiger partial charge on any atom is 0.303 e. The molecular formula is C5H12FNO2S. The standard InChI is InChI=1S/C5H12FNO2S/c1-4(2)5(7)3-10(6,8)9/h4-5H,3,7H2,1-2H3. The molecule has 0 amide bonds. The Morgan fingerprint density at radius 2 is 1.90 bits per heavy atom. The summed E-state index contributed by atoms with van der Waals surface area (Å²) in [4.78, 5) is 0. The van der Waals surface area contributed by atoms with Crippen molar-refractivity contribution in [2.75, 3.05) is 5.75 Å². The number of halogens is 1. The van der Waals surface area contributed by atoms with Crippen molar-refractivity contribution in [3.05, 3.63) is 0 Å². The van der Waals surface area contributed by atoms with E-state index in [2.05, 4.69) is 0 Å². The fraction of sp³-hybridized carbons (Fsp3) is 1.00. The maximum atomic E-state index is 11.9. The predicted octanol–water partition coefficient (Wildman–Crippen LogP) is 0.269. The predicted molar refractivity (Wildman–Crippen MR) is 37.7 cm³/mol. The summed E-state index contributed by atoms with van der Waals surface area (Å²) in [5.41, 5.74) is 5.28. The van der Waals surface area contributed by atoms with E-state index in [1.807, 2.05) is 0 Å². The van der Waals surface area contributed by atoms with Crippen LogP contribution in [0.1, 0.15) is 13.8 Å². The molecule has 0 aromatic heterocycles. The summed E-state index contributed by atoms with van der Waals surface area (Å²) in [6.07, 6.45) is 0. The Kier molecular flexibility index (Phi) is 3.24. The van der Waals surface area contributed by atoms with Gasteiger partial charge in [-0.1, -0.05) is 13.8 Å². The zero-order valence-electron chi connectivity index (χ0n) is 6.04. The molecule has 0 bridgehead atoms. The number of hydrogen-bond donors (Lipinski definition) is 1. The second-order valence-electron chi connectivity index (χ2n) is 2.61. The molecule has 62 valence electrons. The minimum atomic E-state index is -4.39. The van der Waals surface area contributed by atoms with E-state index in [1.54, 1.807) is 13.8 Å². The first-order chi connectivity index (χ1) is 4.33. The van der Waals surface area contributed by atoms with Crippen molar-refractivity contribution in [1.82, 2.24) is 0 Å². The zero-order chi connectivity index (χ0) is 8.36. The van der Waals surface area contributed by atoms with Crippen LogP contribution in [0.25, 0.3) is 0 Å². The lowest BCUT2D eigenvalue weighted by molar-refractivity contribution is 0.498. The van der Waals surface area contributed by atoms with Crippen molar-refractivity contribution in [2.45, 2.75) is 19.9 Å². The van der Waals surface area contributed by atoms with E-state index in [9.17, 15) is 12.3 Å². The highest BCUT2D eigenvalue weighted by atomic mass is 32.3. The molecule has 0 aromatic carbocycles. The first kappa shape index (κ1) is 9.84. The third kappa shape index (κ3) is 4.69. The molecule has 0 fully saturated rings. The van der Waals surface area contributed by atoms with Crippen molar-refractivity contribution < 1.29 is 12.3 Å². The number of nitrogens with two attached hydrogens (primary N) is 1. The van der Waals surface area contributed by atoms with E-state index >= 15 is 0 Å². The van der Waals surface area contributed by atoms with Crippen LogP contribution < -0.4 is 5.73 Å². The van der Waals surface area contributed by atoms with Gasteiger partial charge in [-0.25, -0.2) is 0 Å². The largest absolute Gasteiger partial charge is 0.326 e. The lowest BCUT2D eigenvalue weighted by Gasteiger charge is -2.11. The lowest BCUT2D eigenvalue weighted by atomic mass is 10.1.